The number of fused-ring (bicyclic) bond motifs is 1. The van der Waals surface area contributed by atoms with Crippen molar-refractivity contribution in [2.75, 3.05) is 26.2 Å². The van der Waals surface area contributed by atoms with Gasteiger partial charge in [-0.1, -0.05) is 34.2 Å². The van der Waals surface area contributed by atoms with Gasteiger partial charge in [0.2, 0.25) is 5.96 Å². The van der Waals surface area contributed by atoms with E-state index in [4.69, 9.17) is 0 Å². The fraction of sp³-hybridized carbons (Fsp3) is 0.300. The molecule has 4 rings (SSSR count). The highest BCUT2D eigenvalue weighted by Crippen LogP contribution is 2.28. The molecule has 0 spiro atoms. The van der Waals surface area contributed by atoms with Gasteiger partial charge in [-0.15, -0.1) is 13.2 Å². The van der Waals surface area contributed by atoms with E-state index in [0.29, 0.717) is 42.3 Å². The van der Waals surface area contributed by atoms with Gasteiger partial charge in [0.1, 0.15) is 11.7 Å². The van der Waals surface area contributed by atoms with Crippen LogP contribution in [0.2, 0.25) is 0 Å². The minimum absolute atomic E-state index is 0.0782. The van der Waals surface area contributed by atoms with Crippen molar-refractivity contribution in [1.82, 2.24) is 9.80 Å². The van der Waals surface area contributed by atoms with Gasteiger partial charge >= 0.3 is 6.36 Å². The number of rotatable bonds is 2. The maximum atomic E-state index is 12.8. The molecule has 2 amide bonds. The first-order valence-corrected chi connectivity index (χ1v) is 10.2. The minimum Gasteiger partial charge on any atom is -0.406 e. The van der Waals surface area contributed by atoms with E-state index in [0.717, 1.165) is 12.1 Å². The summed E-state index contributed by atoms with van der Waals surface area (Å²) in [7, 11) is 0. The van der Waals surface area contributed by atoms with Gasteiger partial charge in [-0.3, -0.25) is 9.59 Å². The third-order valence-electron chi connectivity index (χ3n) is 4.91. The van der Waals surface area contributed by atoms with Crippen LogP contribution in [0.25, 0.3) is 0 Å². The molecule has 1 fully saturated rings. The molecule has 1 aromatic carbocycles. The molecule has 1 aliphatic carbocycles. The summed E-state index contributed by atoms with van der Waals surface area (Å²) in [5.74, 6) is -1.32. The Labute approximate surface area is 183 Å². The average Bonchev–Trinajstić information content (AvgIpc) is 2.71. The lowest BCUT2D eigenvalue weighted by atomic mass is 9.97. The topological polar surface area (TPSA) is 74.6 Å². The molecular formula is C20H16BrF3N4O3. The summed E-state index contributed by atoms with van der Waals surface area (Å²) in [5.41, 5.74) is 0.705. The van der Waals surface area contributed by atoms with Crippen molar-refractivity contribution in [1.29, 1.82) is 0 Å². The molecule has 0 bridgehead atoms. The number of aliphatic imine (C=N–C) groups is 2. The van der Waals surface area contributed by atoms with Crippen LogP contribution in [-0.2, 0) is 4.79 Å². The number of allylic oxidation sites excluding steroid dienone is 3. The lowest BCUT2D eigenvalue weighted by Gasteiger charge is -2.36. The third-order valence-corrected chi connectivity index (χ3v) is 5.37. The van der Waals surface area contributed by atoms with Gasteiger partial charge in [-0.25, -0.2) is 4.99 Å². The number of nitrogens with zero attached hydrogens (tertiary/aromatic N) is 4. The standard InChI is InChI=1S/C20H16BrF3N4O3/c21-13-9-12(10-14(11-13)31-20(22,23)24)18(30)27-5-7-28(8-6-27)19-25-16-4-2-1-3-15(16)17(29)26-19/h1-4,9-11,15H,5-8H2. The van der Waals surface area contributed by atoms with Crippen molar-refractivity contribution >= 4 is 39.4 Å². The largest absolute Gasteiger partial charge is 0.573 e. The van der Waals surface area contributed by atoms with Crippen LogP contribution < -0.4 is 4.74 Å². The van der Waals surface area contributed by atoms with E-state index in [2.05, 4.69) is 30.7 Å². The smallest absolute Gasteiger partial charge is 0.406 e. The number of hydrogen-bond acceptors (Lipinski definition) is 5. The summed E-state index contributed by atoms with van der Waals surface area (Å²) >= 11 is 3.11. The molecule has 2 heterocycles. The Balaban J connectivity index is 1.43. The second-order valence-electron chi connectivity index (χ2n) is 7.01. The summed E-state index contributed by atoms with van der Waals surface area (Å²) in [6.45, 7) is 1.38. The molecule has 0 N–H and O–H groups in total. The van der Waals surface area contributed by atoms with Crippen molar-refractivity contribution < 1.29 is 27.5 Å². The Hall–Kier alpha value is -2.95. The van der Waals surface area contributed by atoms with Gasteiger partial charge < -0.3 is 14.5 Å². The molecular weight excluding hydrogens is 481 g/mol. The number of halogens is 4. The van der Waals surface area contributed by atoms with Crippen molar-refractivity contribution in [3.8, 4) is 5.75 Å². The molecule has 31 heavy (non-hydrogen) atoms. The monoisotopic (exact) mass is 496 g/mol. The number of amides is 2. The Morgan fingerprint density at radius 2 is 1.84 bits per heavy atom. The molecule has 2 aliphatic heterocycles. The Bertz CT molecular complexity index is 1040. The van der Waals surface area contributed by atoms with Crippen LogP contribution in [0.4, 0.5) is 13.2 Å². The zero-order chi connectivity index (χ0) is 22.2. The Morgan fingerprint density at radius 3 is 2.55 bits per heavy atom. The molecule has 0 radical (unpaired) electrons. The van der Waals surface area contributed by atoms with E-state index < -0.39 is 23.9 Å². The number of benzene rings is 1. The van der Waals surface area contributed by atoms with E-state index >= 15 is 0 Å². The van der Waals surface area contributed by atoms with Crippen molar-refractivity contribution in [3.05, 3.63) is 52.5 Å². The lowest BCUT2D eigenvalue weighted by Crippen LogP contribution is -2.51. The highest BCUT2D eigenvalue weighted by Gasteiger charge is 2.33. The van der Waals surface area contributed by atoms with Crippen LogP contribution in [0.15, 0.2) is 57.0 Å². The van der Waals surface area contributed by atoms with Crippen LogP contribution >= 0.6 is 15.9 Å². The van der Waals surface area contributed by atoms with E-state index in [-0.39, 0.29) is 11.5 Å². The number of alkyl halides is 3. The second-order valence-corrected chi connectivity index (χ2v) is 7.93. The fourth-order valence-corrected chi connectivity index (χ4v) is 3.94. The van der Waals surface area contributed by atoms with Crippen LogP contribution in [-0.4, -0.2) is 65.8 Å². The first kappa shape index (κ1) is 21.3. The van der Waals surface area contributed by atoms with Crippen molar-refractivity contribution in [3.63, 3.8) is 0 Å². The average molecular weight is 497 g/mol. The summed E-state index contributed by atoms with van der Waals surface area (Å²) in [6, 6.07) is 3.64. The van der Waals surface area contributed by atoms with Gasteiger partial charge in [0.25, 0.3) is 11.8 Å². The summed E-state index contributed by atoms with van der Waals surface area (Å²) in [6.07, 6.45) is 2.24. The molecule has 1 saturated heterocycles. The van der Waals surface area contributed by atoms with Gasteiger partial charge in [-0.2, -0.15) is 4.99 Å². The van der Waals surface area contributed by atoms with Gasteiger partial charge in [0.05, 0.1) is 5.71 Å². The van der Waals surface area contributed by atoms with Crippen molar-refractivity contribution in [2.45, 2.75) is 6.36 Å². The molecule has 1 aromatic rings. The molecule has 162 valence electrons. The van der Waals surface area contributed by atoms with Crippen molar-refractivity contribution in [2.24, 2.45) is 15.9 Å². The first-order chi connectivity index (χ1) is 14.7. The SMILES string of the molecule is O=C1N=C(N2CCN(C(=O)c3cc(Br)cc(OC(F)(F)F)c3)CC2)N=C2C=CC=CC12. The van der Waals surface area contributed by atoms with Gasteiger partial charge in [0.15, 0.2) is 0 Å². The molecule has 11 heteroatoms. The van der Waals surface area contributed by atoms with Crippen LogP contribution in [0.1, 0.15) is 10.4 Å². The number of carbonyl (C=O) groups is 2. The molecule has 1 unspecified atom stereocenters. The maximum Gasteiger partial charge on any atom is 0.573 e. The number of carbonyl (C=O) groups excluding carboxylic acids is 2. The number of ether oxygens (including phenoxy) is 1. The maximum absolute atomic E-state index is 12.8. The van der Waals surface area contributed by atoms with Gasteiger partial charge in [0, 0.05) is 36.2 Å². The summed E-state index contributed by atoms with van der Waals surface area (Å²) in [5, 5.41) is 0. The normalized spacial score (nSPS) is 20.9. The summed E-state index contributed by atoms with van der Waals surface area (Å²) < 4.78 is 41.8. The second kappa shape index (κ2) is 8.29. The fourth-order valence-electron chi connectivity index (χ4n) is 3.47. The number of hydrogen-bond donors (Lipinski definition) is 0. The molecule has 0 saturated carbocycles. The van der Waals surface area contributed by atoms with Gasteiger partial charge in [-0.05, 0) is 24.3 Å². The Kier molecular flexibility index (Phi) is 5.69. The number of piperazine rings is 1. The van der Waals surface area contributed by atoms with E-state index in [1.54, 1.807) is 24.3 Å². The van der Waals surface area contributed by atoms with Crippen LogP contribution in [0.5, 0.6) is 5.75 Å². The minimum atomic E-state index is -4.85. The quantitative estimate of drug-likeness (QED) is 0.630. The summed E-state index contributed by atoms with van der Waals surface area (Å²) in [4.78, 5) is 37.0. The number of guanidine groups is 1. The molecule has 0 aromatic heterocycles. The highest BCUT2D eigenvalue weighted by atomic mass is 79.9. The highest BCUT2D eigenvalue weighted by molar-refractivity contribution is 9.10. The zero-order valence-corrected chi connectivity index (χ0v) is 17.6. The first-order valence-electron chi connectivity index (χ1n) is 9.36. The van der Waals surface area contributed by atoms with E-state index in [1.165, 1.54) is 11.0 Å². The molecule has 3 aliphatic rings. The predicted molar refractivity (Wildman–Crippen MR) is 110 cm³/mol. The third kappa shape index (κ3) is 4.87. The van der Waals surface area contributed by atoms with E-state index in [9.17, 15) is 22.8 Å². The predicted octanol–water partition coefficient (Wildman–Crippen LogP) is 3.18. The van der Waals surface area contributed by atoms with E-state index in [1.807, 2.05) is 4.90 Å². The van der Waals surface area contributed by atoms with Crippen LogP contribution in [0.3, 0.4) is 0 Å². The zero-order valence-electron chi connectivity index (χ0n) is 16.0. The molecule has 1 atom stereocenters. The Morgan fingerprint density at radius 1 is 1.10 bits per heavy atom. The molecule has 7 nitrogen and oxygen atoms in total. The van der Waals surface area contributed by atoms with Crippen LogP contribution in [0, 0.1) is 5.92 Å². The lowest BCUT2D eigenvalue weighted by molar-refractivity contribution is -0.274.